The minimum Gasteiger partial charge on any atom is -0.472 e. The summed E-state index contributed by atoms with van der Waals surface area (Å²) in [4.78, 5) is 22.1. The van der Waals surface area contributed by atoms with E-state index in [1.807, 2.05) is 0 Å². The average molecular weight is 301 g/mol. The second-order valence-corrected chi connectivity index (χ2v) is 4.87. The van der Waals surface area contributed by atoms with Gasteiger partial charge in [0.15, 0.2) is 5.75 Å². The highest BCUT2D eigenvalue weighted by Crippen LogP contribution is 2.40. The molecule has 1 unspecified atom stereocenters. The van der Waals surface area contributed by atoms with E-state index in [0.717, 1.165) is 0 Å². The molecule has 2 rings (SSSR count). The Balaban J connectivity index is 2.36. The Hall–Kier alpha value is -2.02. The van der Waals surface area contributed by atoms with Crippen LogP contribution < -0.4 is 10.1 Å². The van der Waals surface area contributed by atoms with Gasteiger partial charge in [-0.25, -0.2) is 4.79 Å². The Bertz CT molecular complexity index is 577. The van der Waals surface area contributed by atoms with Crippen molar-refractivity contribution in [3.8, 4) is 5.75 Å². The molecule has 1 aliphatic rings. The normalized spacial score (nSPS) is 20.4. The molecule has 0 fully saturated rings. The highest BCUT2D eigenvalue weighted by Gasteiger charge is 2.41. The van der Waals surface area contributed by atoms with E-state index in [4.69, 9.17) is 21.1 Å². The first-order valence-electron chi connectivity index (χ1n) is 5.95. The van der Waals surface area contributed by atoms with Crippen LogP contribution in [0.1, 0.15) is 13.8 Å². The maximum atomic E-state index is 11.9. The number of fused-ring (bicyclic) bond motifs is 1. The number of rotatable bonds is 3. The van der Waals surface area contributed by atoms with Crippen molar-refractivity contribution in [2.45, 2.75) is 19.4 Å². The van der Waals surface area contributed by atoms with Crippen molar-refractivity contribution in [2.24, 2.45) is 0 Å². The number of anilines is 1. The SMILES string of the molecule is CCOC(=O)C1(C)CNc2cc(Cl)c([N+](=O)[O-])cc2O1. The number of hydrogen-bond acceptors (Lipinski definition) is 6. The molecular formula is C12H13ClN2O5. The summed E-state index contributed by atoms with van der Waals surface area (Å²) < 4.78 is 10.5. The Morgan fingerprint density at radius 2 is 2.35 bits per heavy atom. The molecule has 1 aliphatic heterocycles. The van der Waals surface area contributed by atoms with Crippen LogP contribution in [0.15, 0.2) is 12.1 Å². The minimum absolute atomic E-state index is 0.00425. The second-order valence-electron chi connectivity index (χ2n) is 4.46. The first kappa shape index (κ1) is 14.4. The van der Waals surface area contributed by atoms with Crippen LogP contribution in [0.5, 0.6) is 5.75 Å². The number of halogens is 1. The molecule has 8 heteroatoms. The maximum Gasteiger partial charge on any atom is 0.352 e. The molecule has 20 heavy (non-hydrogen) atoms. The number of benzene rings is 1. The number of ether oxygens (including phenoxy) is 2. The number of nitro groups is 1. The standard InChI is InChI=1S/C12H13ClN2O5/c1-3-19-11(16)12(2)6-14-8-4-7(13)9(15(17)18)5-10(8)20-12/h4-5,14H,3,6H2,1-2H3. The predicted octanol–water partition coefficient (Wildman–Crippen LogP) is 2.37. The summed E-state index contributed by atoms with van der Waals surface area (Å²) in [5, 5.41) is 13.8. The Morgan fingerprint density at radius 3 is 2.95 bits per heavy atom. The summed E-state index contributed by atoms with van der Waals surface area (Å²) in [5.74, 6) is -0.335. The molecule has 108 valence electrons. The first-order chi connectivity index (χ1) is 9.37. The van der Waals surface area contributed by atoms with E-state index in [1.54, 1.807) is 13.8 Å². The molecule has 0 aromatic heterocycles. The van der Waals surface area contributed by atoms with Gasteiger partial charge in [-0.05, 0) is 19.9 Å². The van der Waals surface area contributed by atoms with Crippen molar-refractivity contribution in [2.75, 3.05) is 18.5 Å². The van der Waals surface area contributed by atoms with E-state index < -0.39 is 16.5 Å². The number of carbonyl (C=O) groups is 1. The third-order valence-electron chi connectivity index (χ3n) is 2.90. The highest BCUT2D eigenvalue weighted by atomic mass is 35.5. The molecule has 0 radical (unpaired) electrons. The lowest BCUT2D eigenvalue weighted by atomic mass is 10.0. The highest BCUT2D eigenvalue weighted by molar-refractivity contribution is 6.33. The summed E-state index contributed by atoms with van der Waals surface area (Å²) >= 11 is 5.81. The van der Waals surface area contributed by atoms with Crippen LogP contribution in [0.4, 0.5) is 11.4 Å². The van der Waals surface area contributed by atoms with Crippen molar-refractivity contribution in [3.05, 3.63) is 27.3 Å². The number of carbonyl (C=O) groups excluding carboxylic acids is 1. The van der Waals surface area contributed by atoms with Crippen LogP contribution in [0.25, 0.3) is 0 Å². The molecule has 0 spiro atoms. The predicted molar refractivity (Wildman–Crippen MR) is 72.3 cm³/mol. The van der Waals surface area contributed by atoms with Crippen molar-refractivity contribution in [1.29, 1.82) is 0 Å². The smallest absolute Gasteiger partial charge is 0.352 e. The van der Waals surface area contributed by atoms with E-state index in [2.05, 4.69) is 5.32 Å². The van der Waals surface area contributed by atoms with Gasteiger partial charge in [-0.1, -0.05) is 11.6 Å². The molecule has 0 amide bonds. The number of esters is 1. The zero-order valence-corrected chi connectivity index (χ0v) is 11.7. The lowest BCUT2D eigenvalue weighted by molar-refractivity contribution is -0.384. The lowest BCUT2D eigenvalue weighted by Crippen LogP contribution is -2.50. The van der Waals surface area contributed by atoms with Crippen LogP contribution >= 0.6 is 11.6 Å². The number of nitrogens with one attached hydrogen (secondary N) is 1. The van der Waals surface area contributed by atoms with Crippen molar-refractivity contribution >= 4 is 28.9 Å². The summed E-state index contributed by atoms with van der Waals surface area (Å²) in [5.41, 5.74) is -1.01. The van der Waals surface area contributed by atoms with Gasteiger partial charge in [-0.2, -0.15) is 0 Å². The Kier molecular flexibility index (Phi) is 3.71. The number of nitrogens with zero attached hydrogens (tertiary/aromatic N) is 1. The molecule has 0 bridgehead atoms. The molecule has 1 N–H and O–H groups in total. The zero-order chi connectivity index (χ0) is 14.9. The van der Waals surface area contributed by atoms with Gasteiger partial charge in [0, 0.05) is 0 Å². The molecule has 1 heterocycles. The minimum atomic E-state index is -1.23. The number of hydrogen-bond donors (Lipinski definition) is 1. The Labute approximate surface area is 120 Å². The van der Waals surface area contributed by atoms with E-state index in [0.29, 0.717) is 5.69 Å². The third kappa shape index (κ3) is 2.49. The van der Waals surface area contributed by atoms with E-state index >= 15 is 0 Å². The van der Waals surface area contributed by atoms with Crippen LogP contribution in [-0.2, 0) is 9.53 Å². The fourth-order valence-electron chi connectivity index (χ4n) is 1.85. The van der Waals surface area contributed by atoms with Crippen molar-refractivity contribution in [1.82, 2.24) is 0 Å². The summed E-state index contributed by atoms with van der Waals surface area (Å²) in [7, 11) is 0. The van der Waals surface area contributed by atoms with Gasteiger partial charge in [0.1, 0.15) is 5.02 Å². The largest absolute Gasteiger partial charge is 0.472 e. The van der Waals surface area contributed by atoms with Gasteiger partial charge < -0.3 is 14.8 Å². The third-order valence-corrected chi connectivity index (χ3v) is 3.21. The van der Waals surface area contributed by atoms with Gasteiger partial charge in [0.05, 0.1) is 29.8 Å². The average Bonchev–Trinajstić information content (AvgIpc) is 2.38. The monoisotopic (exact) mass is 300 g/mol. The Morgan fingerprint density at radius 1 is 1.65 bits per heavy atom. The maximum absolute atomic E-state index is 11.9. The van der Waals surface area contributed by atoms with Crippen molar-refractivity contribution < 1.29 is 19.2 Å². The summed E-state index contributed by atoms with van der Waals surface area (Å²) in [6.07, 6.45) is 0. The fraction of sp³-hybridized carbons (Fsp3) is 0.417. The molecule has 7 nitrogen and oxygen atoms in total. The first-order valence-corrected chi connectivity index (χ1v) is 6.33. The topological polar surface area (TPSA) is 90.7 Å². The van der Waals surface area contributed by atoms with Gasteiger partial charge in [-0.3, -0.25) is 10.1 Å². The van der Waals surface area contributed by atoms with Gasteiger partial charge in [-0.15, -0.1) is 0 Å². The zero-order valence-electron chi connectivity index (χ0n) is 10.9. The molecule has 0 saturated heterocycles. The van der Waals surface area contributed by atoms with Gasteiger partial charge in [0.2, 0.25) is 5.60 Å². The molecule has 1 atom stereocenters. The van der Waals surface area contributed by atoms with Gasteiger partial charge in [0.25, 0.3) is 5.69 Å². The van der Waals surface area contributed by atoms with Crippen LogP contribution in [0, 0.1) is 10.1 Å². The molecule has 0 aliphatic carbocycles. The second kappa shape index (κ2) is 5.16. The van der Waals surface area contributed by atoms with Crippen LogP contribution in [-0.4, -0.2) is 29.6 Å². The van der Waals surface area contributed by atoms with Gasteiger partial charge >= 0.3 is 5.97 Å². The quantitative estimate of drug-likeness (QED) is 0.523. The summed E-state index contributed by atoms with van der Waals surface area (Å²) in [6.45, 7) is 3.66. The summed E-state index contributed by atoms with van der Waals surface area (Å²) in [6, 6.07) is 2.60. The number of nitro benzene ring substituents is 1. The fourth-order valence-corrected chi connectivity index (χ4v) is 2.08. The lowest BCUT2D eigenvalue weighted by Gasteiger charge is -2.34. The molecular weight excluding hydrogens is 288 g/mol. The molecule has 0 saturated carbocycles. The molecule has 1 aromatic carbocycles. The van der Waals surface area contributed by atoms with E-state index in [1.165, 1.54) is 12.1 Å². The van der Waals surface area contributed by atoms with Crippen molar-refractivity contribution in [3.63, 3.8) is 0 Å². The van der Waals surface area contributed by atoms with E-state index in [-0.39, 0.29) is 29.6 Å². The molecule has 1 aromatic rings. The van der Waals surface area contributed by atoms with E-state index in [9.17, 15) is 14.9 Å². The van der Waals surface area contributed by atoms with Crippen LogP contribution in [0.2, 0.25) is 5.02 Å². The van der Waals surface area contributed by atoms with Crippen LogP contribution in [0.3, 0.4) is 0 Å².